The van der Waals surface area contributed by atoms with E-state index in [-0.39, 0.29) is 5.75 Å². The summed E-state index contributed by atoms with van der Waals surface area (Å²) in [5.74, 6) is 0.206. The van der Waals surface area contributed by atoms with Crippen molar-refractivity contribution >= 4 is 12.6 Å². The van der Waals surface area contributed by atoms with Crippen LogP contribution in [0.5, 0.6) is 0 Å². The van der Waals surface area contributed by atoms with Crippen LogP contribution >= 0.6 is 12.6 Å². The van der Waals surface area contributed by atoms with Crippen molar-refractivity contribution in [2.24, 2.45) is 0 Å². The van der Waals surface area contributed by atoms with Crippen LogP contribution in [0.3, 0.4) is 0 Å². The zero-order valence-electron chi connectivity index (χ0n) is 9.14. The highest BCUT2D eigenvalue weighted by Crippen LogP contribution is 2.18. The van der Waals surface area contributed by atoms with Crippen LogP contribution in [0.2, 0.25) is 0 Å². The minimum Gasteiger partial charge on any atom is -0.389 e. The predicted molar refractivity (Wildman–Crippen MR) is 68.4 cm³/mol. The molecule has 0 radical (unpaired) electrons. The molecule has 0 bridgehead atoms. The van der Waals surface area contributed by atoms with Crippen LogP contribution < -0.4 is 0 Å². The maximum Gasteiger partial charge on any atom is 0.109 e. The second kappa shape index (κ2) is 5.35. The smallest absolute Gasteiger partial charge is 0.109 e. The van der Waals surface area contributed by atoms with Crippen LogP contribution in [0.25, 0.3) is 5.69 Å². The lowest BCUT2D eigenvalue weighted by atomic mass is 10.1. The van der Waals surface area contributed by atoms with Crippen LogP contribution in [-0.2, 0) is 0 Å². The Morgan fingerprint density at radius 3 is 2.59 bits per heavy atom. The Hall–Kier alpha value is -1.30. The molecular formula is C12H14N2O2S. The maximum absolute atomic E-state index is 9.80. The monoisotopic (exact) mass is 250 g/mol. The Morgan fingerprint density at radius 1 is 1.24 bits per heavy atom. The Morgan fingerprint density at radius 2 is 1.94 bits per heavy atom. The number of rotatable bonds is 4. The van der Waals surface area contributed by atoms with Gasteiger partial charge in [-0.1, -0.05) is 18.2 Å². The lowest BCUT2D eigenvalue weighted by molar-refractivity contribution is 0.0337. The first kappa shape index (κ1) is 12.2. The van der Waals surface area contributed by atoms with Gasteiger partial charge in [-0.2, -0.15) is 17.7 Å². The summed E-state index contributed by atoms with van der Waals surface area (Å²) >= 11 is 3.94. The molecule has 17 heavy (non-hydrogen) atoms. The number of aliphatic hydroxyl groups excluding tert-OH is 2. The van der Waals surface area contributed by atoms with E-state index < -0.39 is 12.2 Å². The number of para-hydroxylation sites is 1. The van der Waals surface area contributed by atoms with E-state index in [0.29, 0.717) is 5.56 Å². The standard InChI is InChI=1S/C12H14N2O2S/c15-11(8-17)12(16)9-6-13-14(7-9)10-4-2-1-3-5-10/h1-7,11-12,15-17H,8H2. The third-order valence-corrected chi connectivity index (χ3v) is 2.89. The summed E-state index contributed by atoms with van der Waals surface area (Å²) < 4.78 is 1.66. The van der Waals surface area contributed by atoms with Crippen LogP contribution in [0.15, 0.2) is 42.7 Å². The zero-order chi connectivity index (χ0) is 12.3. The first-order valence-electron chi connectivity index (χ1n) is 5.29. The Bertz CT molecular complexity index is 472. The van der Waals surface area contributed by atoms with E-state index in [4.69, 9.17) is 0 Å². The summed E-state index contributed by atoms with van der Waals surface area (Å²) in [6.07, 6.45) is 1.41. The fourth-order valence-electron chi connectivity index (χ4n) is 1.53. The third kappa shape index (κ3) is 2.69. The molecule has 0 aliphatic rings. The van der Waals surface area contributed by atoms with Crippen LogP contribution in [0, 0.1) is 0 Å². The van der Waals surface area contributed by atoms with E-state index in [2.05, 4.69) is 17.7 Å². The molecule has 0 aliphatic heterocycles. The summed E-state index contributed by atoms with van der Waals surface area (Å²) in [5.41, 5.74) is 1.49. The molecule has 5 heteroatoms. The first-order chi connectivity index (χ1) is 8.22. The molecule has 2 N–H and O–H groups in total. The van der Waals surface area contributed by atoms with E-state index >= 15 is 0 Å². The zero-order valence-corrected chi connectivity index (χ0v) is 10.0. The number of aliphatic hydroxyl groups is 2. The highest BCUT2D eigenvalue weighted by Gasteiger charge is 2.18. The van der Waals surface area contributed by atoms with Gasteiger partial charge in [-0.25, -0.2) is 4.68 Å². The van der Waals surface area contributed by atoms with Crippen molar-refractivity contribution in [1.82, 2.24) is 9.78 Å². The molecule has 0 saturated carbocycles. The van der Waals surface area contributed by atoms with Gasteiger partial charge in [0.25, 0.3) is 0 Å². The van der Waals surface area contributed by atoms with E-state index in [1.807, 2.05) is 30.3 Å². The fourth-order valence-corrected chi connectivity index (χ4v) is 1.73. The quantitative estimate of drug-likeness (QED) is 0.715. The molecule has 0 aliphatic carbocycles. The van der Waals surface area contributed by atoms with Crippen molar-refractivity contribution in [1.29, 1.82) is 0 Å². The Labute approximate surface area is 105 Å². The van der Waals surface area contributed by atoms with E-state index in [9.17, 15) is 10.2 Å². The number of benzene rings is 1. The second-order valence-electron chi connectivity index (χ2n) is 3.75. The van der Waals surface area contributed by atoms with Gasteiger partial charge < -0.3 is 10.2 Å². The van der Waals surface area contributed by atoms with Crippen molar-refractivity contribution in [2.75, 3.05) is 5.75 Å². The average Bonchev–Trinajstić information content (AvgIpc) is 2.87. The number of nitrogens with zero attached hydrogens (tertiary/aromatic N) is 2. The molecule has 2 aromatic rings. The number of hydrogen-bond donors (Lipinski definition) is 3. The molecule has 0 amide bonds. The molecule has 2 unspecified atom stereocenters. The van der Waals surface area contributed by atoms with Gasteiger partial charge in [0.15, 0.2) is 0 Å². The molecule has 1 aromatic carbocycles. The highest BCUT2D eigenvalue weighted by molar-refractivity contribution is 7.80. The molecule has 1 heterocycles. The molecule has 2 rings (SSSR count). The lowest BCUT2D eigenvalue weighted by Crippen LogP contribution is -2.19. The molecule has 4 nitrogen and oxygen atoms in total. The second-order valence-corrected chi connectivity index (χ2v) is 4.11. The topological polar surface area (TPSA) is 58.3 Å². The van der Waals surface area contributed by atoms with E-state index in [1.54, 1.807) is 17.1 Å². The Kier molecular flexibility index (Phi) is 3.83. The molecule has 1 aromatic heterocycles. The van der Waals surface area contributed by atoms with Gasteiger partial charge in [0.1, 0.15) is 6.10 Å². The van der Waals surface area contributed by atoms with E-state index in [1.165, 1.54) is 0 Å². The molecule has 2 atom stereocenters. The van der Waals surface area contributed by atoms with Crippen molar-refractivity contribution in [3.63, 3.8) is 0 Å². The van der Waals surface area contributed by atoms with E-state index in [0.717, 1.165) is 5.69 Å². The fraction of sp³-hybridized carbons (Fsp3) is 0.250. The molecule has 0 spiro atoms. The third-order valence-electron chi connectivity index (χ3n) is 2.52. The van der Waals surface area contributed by atoms with Gasteiger partial charge in [0.2, 0.25) is 0 Å². The van der Waals surface area contributed by atoms with Gasteiger partial charge in [-0.3, -0.25) is 0 Å². The summed E-state index contributed by atoms with van der Waals surface area (Å²) in [6, 6.07) is 9.58. The normalized spacial score (nSPS) is 14.5. The average molecular weight is 250 g/mol. The van der Waals surface area contributed by atoms with Crippen molar-refractivity contribution in [3.05, 3.63) is 48.3 Å². The summed E-state index contributed by atoms with van der Waals surface area (Å²) in [7, 11) is 0. The van der Waals surface area contributed by atoms with Crippen LogP contribution in [-0.4, -0.2) is 31.9 Å². The van der Waals surface area contributed by atoms with Crippen LogP contribution in [0.1, 0.15) is 11.7 Å². The van der Waals surface area contributed by atoms with Crippen molar-refractivity contribution in [3.8, 4) is 5.69 Å². The SMILES string of the molecule is OC(CS)C(O)c1cnn(-c2ccccc2)c1. The minimum absolute atomic E-state index is 0.206. The molecule has 0 fully saturated rings. The maximum atomic E-state index is 9.80. The number of hydrogen-bond acceptors (Lipinski definition) is 4. The van der Waals surface area contributed by atoms with Gasteiger partial charge in [0, 0.05) is 17.5 Å². The van der Waals surface area contributed by atoms with Crippen molar-refractivity contribution < 1.29 is 10.2 Å². The van der Waals surface area contributed by atoms with Gasteiger partial charge in [-0.05, 0) is 12.1 Å². The molecule has 0 saturated heterocycles. The lowest BCUT2D eigenvalue weighted by Gasteiger charge is -2.13. The van der Waals surface area contributed by atoms with Gasteiger partial charge in [-0.15, -0.1) is 0 Å². The van der Waals surface area contributed by atoms with Gasteiger partial charge >= 0.3 is 0 Å². The number of aromatic nitrogens is 2. The van der Waals surface area contributed by atoms with Crippen molar-refractivity contribution in [2.45, 2.75) is 12.2 Å². The largest absolute Gasteiger partial charge is 0.389 e. The number of thiol groups is 1. The van der Waals surface area contributed by atoms with Crippen LogP contribution in [0.4, 0.5) is 0 Å². The van der Waals surface area contributed by atoms with Gasteiger partial charge in [0.05, 0.1) is 18.0 Å². The summed E-state index contributed by atoms with van der Waals surface area (Å²) in [6.45, 7) is 0. The minimum atomic E-state index is -0.954. The summed E-state index contributed by atoms with van der Waals surface area (Å²) in [5, 5.41) is 23.4. The predicted octanol–water partition coefficient (Wildman–Crippen LogP) is 1.20. The highest BCUT2D eigenvalue weighted by atomic mass is 32.1. The molecular weight excluding hydrogens is 236 g/mol. The Balaban J connectivity index is 2.22. The first-order valence-corrected chi connectivity index (χ1v) is 5.92. The molecule has 90 valence electrons. The summed E-state index contributed by atoms with van der Waals surface area (Å²) in [4.78, 5) is 0.